The highest BCUT2D eigenvalue weighted by atomic mass is 16.2. The van der Waals surface area contributed by atoms with Crippen LogP contribution < -0.4 is 10.6 Å². The van der Waals surface area contributed by atoms with Gasteiger partial charge in [0.2, 0.25) is 5.91 Å². The largest absolute Gasteiger partial charge is 0.352 e. The standard InChI is InChI=1S/C10H16N2O/c1-3-4-7-11-8(2)10(13)12-9-5-6-9/h1,8-9,11H,4-7H2,2H3,(H,12,13). The summed E-state index contributed by atoms with van der Waals surface area (Å²) in [7, 11) is 0. The minimum atomic E-state index is -0.131. The third kappa shape index (κ3) is 3.95. The lowest BCUT2D eigenvalue weighted by Gasteiger charge is -2.12. The topological polar surface area (TPSA) is 41.1 Å². The van der Waals surface area contributed by atoms with E-state index in [0.29, 0.717) is 19.0 Å². The van der Waals surface area contributed by atoms with Gasteiger partial charge in [-0.15, -0.1) is 12.3 Å². The molecule has 3 heteroatoms. The number of hydrogen-bond acceptors (Lipinski definition) is 2. The molecule has 1 aliphatic rings. The molecule has 1 amide bonds. The first-order valence-corrected chi connectivity index (χ1v) is 4.71. The Morgan fingerprint density at radius 2 is 2.38 bits per heavy atom. The Bertz CT molecular complexity index is 215. The smallest absolute Gasteiger partial charge is 0.237 e. The van der Waals surface area contributed by atoms with Gasteiger partial charge in [-0.3, -0.25) is 4.79 Å². The highest BCUT2D eigenvalue weighted by molar-refractivity contribution is 5.81. The molecule has 0 aromatic rings. The third-order valence-electron chi connectivity index (χ3n) is 2.04. The number of hydrogen-bond donors (Lipinski definition) is 2. The Labute approximate surface area is 79.3 Å². The fourth-order valence-corrected chi connectivity index (χ4v) is 1.01. The average molecular weight is 180 g/mol. The Hall–Kier alpha value is -1.01. The molecule has 0 aromatic carbocycles. The maximum absolute atomic E-state index is 11.4. The molecule has 1 rings (SSSR count). The number of nitrogens with one attached hydrogen (secondary N) is 2. The molecular formula is C10H16N2O. The van der Waals surface area contributed by atoms with Crippen molar-refractivity contribution in [3.05, 3.63) is 0 Å². The molecule has 1 aliphatic carbocycles. The van der Waals surface area contributed by atoms with E-state index < -0.39 is 0 Å². The molecule has 1 saturated carbocycles. The Morgan fingerprint density at radius 1 is 1.69 bits per heavy atom. The summed E-state index contributed by atoms with van der Waals surface area (Å²) in [6, 6.07) is 0.304. The van der Waals surface area contributed by atoms with E-state index in [-0.39, 0.29) is 11.9 Å². The Balaban J connectivity index is 2.10. The number of rotatable bonds is 5. The first-order valence-electron chi connectivity index (χ1n) is 4.71. The van der Waals surface area contributed by atoms with E-state index in [4.69, 9.17) is 6.42 Å². The van der Waals surface area contributed by atoms with E-state index in [0.717, 1.165) is 12.8 Å². The van der Waals surface area contributed by atoms with Crippen LogP contribution in [0, 0.1) is 12.3 Å². The van der Waals surface area contributed by atoms with E-state index in [1.54, 1.807) is 0 Å². The van der Waals surface area contributed by atoms with Crippen molar-refractivity contribution < 1.29 is 4.79 Å². The molecule has 0 bridgehead atoms. The van der Waals surface area contributed by atoms with Crippen LogP contribution in [0.1, 0.15) is 26.2 Å². The van der Waals surface area contributed by atoms with Gasteiger partial charge in [0.1, 0.15) is 0 Å². The molecule has 1 unspecified atom stereocenters. The molecule has 13 heavy (non-hydrogen) atoms. The summed E-state index contributed by atoms with van der Waals surface area (Å²) in [5, 5.41) is 5.99. The number of carbonyl (C=O) groups is 1. The predicted octanol–water partition coefficient (Wildman–Crippen LogP) is 0.266. The fourth-order valence-electron chi connectivity index (χ4n) is 1.01. The molecule has 0 aromatic heterocycles. The molecular weight excluding hydrogens is 164 g/mol. The zero-order chi connectivity index (χ0) is 9.68. The van der Waals surface area contributed by atoms with Crippen LogP contribution in [-0.4, -0.2) is 24.5 Å². The van der Waals surface area contributed by atoms with Crippen LogP contribution in [0.3, 0.4) is 0 Å². The lowest BCUT2D eigenvalue weighted by Crippen LogP contribution is -2.43. The van der Waals surface area contributed by atoms with Crippen molar-refractivity contribution in [1.29, 1.82) is 0 Å². The molecule has 0 spiro atoms. The van der Waals surface area contributed by atoms with Crippen LogP contribution in [-0.2, 0) is 4.79 Å². The zero-order valence-corrected chi connectivity index (χ0v) is 7.97. The van der Waals surface area contributed by atoms with Crippen LogP contribution in [0.5, 0.6) is 0 Å². The lowest BCUT2D eigenvalue weighted by molar-refractivity contribution is -0.122. The first-order chi connectivity index (χ1) is 6.24. The van der Waals surface area contributed by atoms with Gasteiger partial charge in [-0.2, -0.15) is 0 Å². The SMILES string of the molecule is C#CCCNC(C)C(=O)NC1CC1. The maximum Gasteiger partial charge on any atom is 0.237 e. The molecule has 0 heterocycles. The van der Waals surface area contributed by atoms with Gasteiger partial charge in [-0.25, -0.2) is 0 Å². The van der Waals surface area contributed by atoms with Crippen LogP contribution >= 0.6 is 0 Å². The second-order valence-corrected chi connectivity index (χ2v) is 3.41. The maximum atomic E-state index is 11.4. The second-order valence-electron chi connectivity index (χ2n) is 3.41. The summed E-state index contributed by atoms with van der Waals surface area (Å²) in [5.74, 6) is 2.60. The quantitative estimate of drug-likeness (QED) is 0.471. The minimum absolute atomic E-state index is 0.0829. The fraction of sp³-hybridized carbons (Fsp3) is 0.700. The lowest BCUT2D eigenvalue weighted by atomic mass is 10.3. The van der Waals surface area contributed by atoms with Gasteiger partial charge in [0.25, 0.3) is 0 Å². The molecule has 0 radical (unpaired) electrons. The summed E-state index contributed by atoms with van der Waals surface area (Å²) in [5.41, 5.74) is 0. The van der Waals surface area contributed by atoms with E-state index in [1.165, 1.54) is 0 Å². The van der Waals surface area contributed by atoms with Crippen molar-refractivity contribution in [2.75, 3.05) is 6.54 Å². The Morgan fingerprint density at radius 3 is 2.92 bits per heavy atom. The molecule has 2 N–H and O–H groups in total. The summed E-state index contributed by atoms with van der Waals surface area (Å²) < 4.78 is 0. The summed E-state index contributed by atoms with van der Waals surface area (Å²) in [6.45, 7) is 2.56. The van der Waals surface area contributed by atoms with Crippen LogP contribution in [0.4, 0.5) is 0 Å². The summed E-state index contributed by atoms with van der Waals surface area (Å²) in [4.78, 5) is 11.4. The van der Waals surface area contributed by atoms with Gasteiger partial charge < -0.3 is 10.6 Å². The molecule has 3 nitrogen and oxygen atoms in total. The van der Waals surface area contributed by atoms with Crippen molar-refractivity contribution in [2.24, 2.45) is 0 Å². The number of carbonyl (C=O) groups excluding carboxylic acids is 1. The predicted molar refractivity (Wildman–Crippen MR) is 52.1 cm³/mol. The monoisotopic (exact) mass is 180 g/mol. The molecule has 72 valence electrons. The average Bonchev–Trinajstić information content (AvgIpc) is 2.88. The zero-order valence-electron chi connectivity index (χ0n) is 7.97. The van der Waals surface area contributed by atoms with Gasteiger partial charge >= 0.3 is 0 Å². The second kappa shape index (κ2) is 4.88. The summed E-state index contributed by atoms with van der Waals surface area (Å²) in [6.07, 6.45) is 8.01. The third-order valence-corrected chi connectivity index (χ3v) is 2.04. The minimum Gasteiger partial charge on any atom is -0.352 e. The molecule has 0 saturated heterocycles. The van der Waals surface area contributed by atoms with E-state index >= 15 is 0 Å². The van der Waals surface area contributed by atoms with Crippen molar-refractivity contribution >= 4 is 5.91 Å². The molecule has 0 aliphatic heterocycles. The Kier molecular flexibility index (Phi) is 3.78. The first kappa shape index (κ1) is 10.1. The van der Waals surface area contributed by atoms with Gasteiger partial charge in [-0.05, 0) is 19.8 Å². The van der Waals surface area contributed by atoms with Crippen molar-refractivity contribution in [2.45, 2.75) is 38.3 Å². The van der Waals surface area contributed by atoms with Gasteiger partial charge in [0.05, 0.1) is 6.04 Å². The van der Waals surface area contributed by atoms with Gasteiger partial charge in [-0.1, -0.05) is 0 Å². The van der Waals surface area contributed by atoms with E-state index in [1.807, 2.05) is 6.92 Å². The van der Waals surface area contributed by atoms with Gasteiger partial charge in [0, 0.05) is 19.0 Å². The summed E-state index contributed by atoms with van der Waals surface area (Å²) >= 11 is 0. The van der Waals surface area contributed by atoms with Crippen LogP contribution in [0.15, 0.2) is 0 Å². The highest BCUT2D eigenvalue weighted by Crippen LogP contribution is 2.18. The normalized spacial score (nSPS) is 17.5. The van der Waals surface area contributed by atoms with Crippen molar-refractivity contribution in [3.63, 3.8) is 0 Å². The van der Waals surface area contributed by atoms with Crippen LogP contribution in [0.2, 0.25) is 0 Å². The van der Waals surface area contributed by atoms with Gasteiger partial charge in [0.15, 0.2) is 0 Å². The number of terminal acetylenes is 1. The molecule has 1 atom stereocenters. The van der Waals surface area contributed by atoms with Crippen molar-refractivity contribution in [1.82, 2.24) is 10.6 Å². The molecule has 1 fully saturated rings. The van der Waals surface area contributed by atoms with E-state index in [9.17, 15) is 4.79 Å². The van der Waals surface area contributed by atoms with E-state index in [2.05, 4.69) is 16.6 Å². The number of amides is 1. The van der Waals surface area contributed by atoms with Crippen molar-refractivity contribution in [3.8, 4) is 12.3 Å². The van der Waals surface area contributed by atoms with Crippen LogP contribution in [0.25, 0.3) is 0 Å². The highest BCUT2D eigenvalue weighted by Gasteiger charge is 2.25.